The molecule has 2 aromatic carbocycles. The van der Waals surface area contributed by atoms with Gasteiger partial charge in [-0.05, 0) is 36.9 Å². The third-order valence-electron chi connectivity index (χ3n) is 6.15. The molecule has 10 heteroatoms. The van der Waals surface area contributed by atoms with Crippen molar-refractivity contribution >= 4 is 23.1 Å². The number of aliphatic hydroxyl groups is 1. The molecule has 0 radical (unpaired) electrons. The van der Waals surface area contributed by atoms with Crippen molar-refractivity contribution < 1.29 is 29.1 Å². The summed E-state index contributed by atoms with van der Waals surface area (Å²) in [7, 11) is 2.91. The molecule has 1 heterocycles. The smallest absolute Gasteiger partial charge is 0.295 e. The van der Waals surface area contributed by atoms with E-state index in [0.717, 1.165) is 13.1 Å². The van der Waals surface area contributed by atoms with Crippen molar-refractivity contribution in [3.05, 3.63) is 69.3 Å². The Morgan fingerprint density at radius 1 is 1.09 bits per heavy atom. The van der Waals surface area contributed by atoms with Crippen LogP contribution in [0.3, 0.4) is 0 Å². The van der Waals surface area contributed by atoms with Gasteiger partial charge in [0.2, 0.25) is 0 Å². The molecule has 1 N–H and O–H groups in total. The second-order valence-corrected chi connectivity index (χ2v) is 7.94. The van der Waals surface area contributed by atoms with Crippen molar-refractivity contribution in [3.8, 4) is 11.5 Å². The third kappa shape index (κ3) is 5.12. The minimum absolute atomic E-state index is 0.137. The van der Waals surface area contributed by atoms with Crippen LogP contribution < -0.4 is 9.47 Å². The number of methoxy groups -OCH3 is 2. The molecule has 0 saturated carbocycles. The molecular weight excluding hydrogens is 454 g/mol. The van der Waals surface area contributed by atoms with E-state index in [4.69, 9.17) is 9.47 Å². The lowest BCUT2D eigenvalue weighted by Crippen LogP contribution is -2.38. The summed E-state index contributed by atoms with van der Waals surface area (Å²) in [5, 5.41) is 22.6. The Morgan fingerprint density at radius 2 is 1.77 bits per heavy atom. The molecule has 186 valence electrons. The maximum atomic E-state index is 13.2. The molecule has 10 nitrogen and oxygen atoms in total. The molecule has 1 saturated heterocycles. The fourth-order valence-corrected chi connectivity index (χ4v) is 4.19. The summed E-state index contributed by atoms with van der Waals surface area (Å²) in [6.07, 6.45) is 0. The van der Waals surface area contributed by atoms with Crippen molar-refractivity contribution in [2.45, 2.75) is 19.9 Å². The van der Waals surface area contributed by atoms with Crippen LogP contribution in [0.2, 0.25) is 0 Å². The third-order valence-corrected chi connectivity index (χ3v) is 6.15. The summed E-state index contributed by atoms with van der Waals surface area (Å²) in [5.41, 5.74) is 0.296. The van der Waals surface area contributed by atoms with Crippen LogP contribution >= 0.6 is 0 Å². The Morgan fingerprint density at radius 3 is 2.37 bits per heavy atom. The number of benzene rings is 2. The zero-order valence-corrected chi connectivity index (χ0v) is 20.2. The number of rotatable bonds is 10. The van der Waals surface area contributed by atoms with E-state index in [0.29, 0.717) is 23.6 Å². The van der Waals surface area contributed by atoms with Crippen LogP contribution in [-0.4, -0.2) is 71.9 Å². The lowest BCUT2D eigenvalue weighted by molar-refractivity contribution is -0.384. The topological polar surface area (TPSA) is 122 Å². The summed E-state index contributed by atoms with van der Waals surface area (Å²) >= 11 is 0. The Hall–Kier alpha value is -3.92. The van der Waals surface area contributed by atoms with Gasteiger partial charge < -0.3 is 24.4 Å². The fraction of sp³-hybridized carbons (Fsp3) is 0.360. The second kappa shape index (κ2) is 11.0. The minimum atomic E-state index is -0.987. The van der Waals surface area contributed by atoms with Gasteiger partial charge in [0.05, 0.1) is 30.8 Å². The normalized spacial score (nSPS) is 17.2. The van der Waals surface area contributed by atoms with E-state index in [2.05, 4.69) is 4.90 Å². The second-order valence-electron chi connectivity index (χ2n) is 7.94. The first-order valence-corrected chi connectivity index (χ1v) is 11.2. The van der Waals surface area contributed by atoms with Gasteiger partial charge in [0.25, 0.3) is 17.4 Å². The molecule has 0 aromatic heterocycles. The van der Waals surface area contributed by atoms with Gasteiger partial charge >= 0.3 is 0 Å². The highest BCUT2D eigenvalue weighted by Gasteiger charge is 2.46. The van der Waals surface area contributed by atoms with Gasteiger partial charge in [0.15, 0.2) is 11.5 Å². The van der Waals surface area contributed by atoms with Crippen LogP contribution in [-0.2, 0) is 9.59 Å². The van der Waals surface area contributed by atoms with Gasteiger partial charge in [-0.1, -0.05) is 26.0 Å². The number of Topliss-reactive ketones (excluding diaryl/α,β-unsaturated/α-hetero) is 1. The van der Waals surface area contributed by atoms with E-state index < -0.39 is 28.4 Å². The first-order chi connectivity index (χ1) is 16.8. The Kier molecular flexibility index (Phi) is 8.08. The number of likely N-dealkylation sites (tertiary alicyclic amines) is 1. The number of likely N-dealkylation sites (N-methyl/N-ethyl adjacent to an activating group) is 1. The maximum absolute atomic E-state index is 13.2. The van der Waals surface area contributed by atoms with Crippen molar-refractivity contribution in [2.75, 3.05) is 40.4 Å². The average molecular weight is 484 g/mol. The first kappa shape index (κ1) is 25.7. The number of amides is 1. The van der Waals surface area contributed by atoms with Gasteiger partial charge in [-0.15, -0.1) is 0 Å². The molecular formula is C25H29N3O7. The van der Waals surface area contributed by atoms with Crippen molar-refractivity contribution in [2.24, 2.45) is 0 Å². The van der Waals surface area contributed by atoms with E-state index in [9.17, 15) is 24.8 Å². The van der Waals surface area contributed by atoms with Gasteiger partial charge in [0, 0.05) is 30.8 Å². The number of non-ortho nitro benzene ring substituents is 1. The van der Waals surface area contributed by atoms with Crippen molar-refractivity contribution in [3.63, 3.8) is 0 Å². The van der Waals surface area contributed by atoms with Crippen LogP contribution in [0.5, 0.6) is 11.5 Å². The van der Waals surface area contributed by atoms with E-state index in [1.54, 1.807) is 18.2 Å². The number of nitrogens with zero attached hydrogens (tertiary/aromatic N) is 3. The van der Waals surface area contributed by atoms with E-state index >= 15 is 0 Å². The van der Waals surface area contributed by atoms with Gasteiger partial charge in [0.1, 0.15) is 5.76 Å². The molecule has 1 amide bonds. The Labute approximate surface area is 203 Å². The van der Waals surface area contributed by atoms with Crippen molar-refractivity contribution in [1.29, 1.82) is 0 Å². The fourth-order valence-electron chi connectivity index (χ4n) is 4.19. The number of carbonyl (C=O) groups excluding carboxylic acids is 2. The predicted molar refractivity (Wildman–Crippen MR) is 129 cm³/mol. The van der Waals surface area contributed by atoms with Crippen LogP contribution in [0.15, 0.2) is 48.0 Å². The zero-order valence-electron chi connectivity index (χ0n) is 20.2. The van der Waals surface area contributed by atoms with Crippen LogP contribution in [0, 0.1) is 10.1 Å². The summed E-state index contributed by atoms with van der Waals surface area (Å²) in [5.74, 6) is -1.26. The number of aliphatic hydroxyl groups excluding tert-OH is 1. The monoisotopic (exact) mass is 483 g/mol. The van der Waals surface area contributed by atoms with Crippen molar-refractivity contribution in [1.82, 2.24) is 9.80 Å². The van der Waals surface area contributed by atoms with Gasteiger partial charge in [-0.25, -0.2) is 0 Å². The summed E-state index contributed by atoms with van der Waals surface area (Å²) in [6, 6.07) is 9.39. The van der Waals surface area contributed by atoms with Crippen LogP contribution in [0.4, 0.5) is 5.69 Å². The molecule has 0 unspecified atom stereocenters. The number of hydrogen-bond acceptors (Lipinski definition) is 8. The average Bonchev–Trinajstić information content (AvgIpc) is 3.13. The number of ketones is 1. The molecule has 1 aliphatic rings. The minimum Gasteiger partial charge on any atom is -0.507 e. The van der Waals surface area contributed by atoms with Crippen LogP contribution in [0.1, 0.15) is 31.0 Å². The van der Waals surface area contributed by atoms with Crippen LogP contribution in [0.25, 0.3) is 5.76 Å². The SMILES string of the molecule is CCN(CC)CCN1C(=O)C(=O)C(=C(O)c2ccc(OC)c(OC)c2)[C@H]1c1cccc([N+](=O)[O-])c1. The molecule has 0 bridgehead atoms. The first-order valence-electron chi connectivity index (χ1n) is 11.2. The summed E-state index contributed by atoms with van der Waals surface area (Å²) < 4.78 is 10.5. The van der Waals surface area contributed by atoms with Gasteiger partial charge in [-0.3, -0.25) is 19.7 Å². The largest absolute Gasteiger partial charge is 0.507 e. The van der Waals surface area contributed by atoms with Gasteiger partial charge in [-0.2, -0.15) is 0 Å². The quantitative estimate of drug-likeness (QED) is 0.179. The molecule has 2 aromatic rings. The maximum Gasteiger partial charge on any atom is 0.295 e. The Balaban J connectivity index is 2.17. The zero-order chi connectivity index (χ0) is 25.7. The van der Waals surface area contributed by atoms with E-state index in [-0.39, 0.29) is 23.4 Å². The number of hydrogen-bond donors (Lipinski definition) is 1. The molecule has 3 rings (SSSR count). The molecule has 0 aliphatic carbocycles. The number of nitro benzene ring substituents is 1. The highest BCUT2D eigenvalue weighted by molar-refractivity contribution is 6.46. The number of ether oxygens (including phenoxy) is 2. The predicted octanol–water partition coefficient (Wildman–Crippen LogP) is 3.38. The van der Waals surface area contributed by atoms with E-state index in [1.165, 1.54) is 43.4 Å². The summed E-state index contributed by atoms with van der Waals surface area (Å²) in [4.78, 5) is 40.6. The highest BCUT2D eigenvalue weighted by Crippen LogP contribution is 2.41. The lowest BCUT2D eigenvalue weighted by atomic mass is 9.95. The summed E-state index contributed by atoms with van der Waals surface area (Å²) in [6.45, 7) is 6.21. The molecule has 35 heavy (non-hydrogen) atoms. The van der Waals surface area contributed by atoms with E-state index in [1.807, 2.05) is 13.8 Å². The Bertz CT molecular complexity index is 1160. The molecule has 1 atom stereocenters. The molecule has 0 spiro atoms. The highest BCUT2D eigenvalue weighted by atomic mass is 16.6. The lowest BCUT2D eigenvalue weighted by Gasteiger charge is -2.28. The number of nitro groups is 1. The molecule has 1 fully saturated rings. The number of carbonyl (C=O) groups is 2. The standard InChI is InChI=1S/C25H29N3O7/c1-5-26(6-2)12-13-27-22(16-8-7-9-18(14-16)28(32)33)21(24(30)25(27)31)23(29)17-10-11-19(34-3)20(15-17)35-4/h7-11,14-15,22,29H,5-6,12-13H2,1-4H3/t22-/m1/s1. The molecule has 1 aliphatic heterocycles.